The zero-order valence-electron chi connectivity index (χ0n) is 12.7. The number of nitrogens with one attached hydrogen (secondary N) is 1. The molecule has 0 spiro atoms. The molecule has 0 aromatic carbocycles. The van der Waals surface area contributed by atoms with Crippen LogP contribution in [0.2, 0.25) is 0 Å². The molecule has 0 aromatic heterocycles. The Morgan fingerprint density at radius 1 is 1.28 bits per heavy atom. The van der Waals surface area contributed by atoms with E-state index in [4.69, 9.17) is 4.99 Å². The van der Waals surface area contributed by atoms with E-state index >= 15 is 0 Å². The van der Waals surface area contributed by atoms with Gasteiger partial charge in [-0.1, -0.05) is 18.7 Å². The van der Waals surface area contributed by atoms with Crippen molar-refractivity contribution in [3.05, 3.63) is 0 Å². The molecule has 1 rings (SSSR count). The normalized spacial score (nSPS) is 27.3. The number of nitrogens with zero attached hydrogens (tertiary/aromatic N) is 2. The van der Waals surface area contributed by atoms with Gasteiger partial charge in [0.05, 0.1) is 6.54 Å². The van der Waals surface area contributed by atoms with E-state index in [-0.39, 0.29) is 0 Å². The summed E-state index contributed by atoms with van der Waals surface area (Å²) in [5.74, 6) is 0. The van der Waals surface area contributed by atoms with Gasteiger partial charge in [0.2, 0.25) is 0 Å². The van der Waals surface area contributed by atoms with Crippen LogP contribution in [0.5, 0.6) is 0 Å². The molecule has 1 heterocycles. The van der Waals surface area contributed by atoms with Crippen molar-refractivity contribution < 1.29 is 0 Å². The fourth-order valence-electron chi connectivity index (χ4n) is 2.50. The van der Waals surface area contributed by atoms with Gasteiger partial charge in [-0.05, 0) is 41.0 Å². The Labute approximate surface area is 117 Å². The third-order valence-corrected chi connectivity index (χ3v) is 4.37. The maximum Gasteiger partial charge on any atom is 0.157 e. The van der Waals surface area contributed by atoms with Crippen LogP contribution >= 0.6 is 11.8 Å². The summed E-state index contributed by atoms with van der Waals surface area (Å²) in [5.41, 5.74) is 0. The van der Waals surface area contributed by atoms with Gasteiger partial charge < -0.3 is 5.32 Å². The minimum Gasteiger partial charge on any atom is -0.362 e. The Balaban J connectivity index is 2.43. The lowest BCUT2D eigenvalue weighted by atomic mass is 10.2. The number of aliphatic imine (C=N–C) groups is 1. The molecule has 18 heavy (non-hydrogen) atoms. The second-order valence-electron chi connectivity index (χ2n) is 5.82. The third kappa shape index (κ3) is 5.19. The van der Waals surface area contributed by atoms with E-state index in [1.807, 2.05) is 11.8 Å². The van der Waals surface area contributed by atoms with Crippen LogP contribution in [-0.4, -0.2) is 46.5 Å². The first-order chi connectivity index (χ1) is 8.40. The zero-order valence-corrected chi connectivity index (χ0v) is 13.5. The summed E-state index contributed by atoms with van der Waals surface area (Å²) in [6.07, 6.45) is 1.23. The lowest BCUT2D eigenvalue weighted by Gasteiger charge is -2.30. The molecule has 0 bridgehead atoms. The van der Waals surface area contributed by atoms with Gasteiger partial charge >= 0.3 is 0 Å². The largest absolute Gasteiger partial charge is 0.362 e. The predicted molar refractivity (Wildman–Crippen MR) is 83.5 cm³/mol. The highest BCUT2D eigenvalue weighted by Crippen LogP contribution is 2.22. The number of hydrogen-bond acceptors (Lipinski definition) is 3. The molecular formula is C14H29N3S. The molecule has 0 aromatic rings. The molecule has 0 amide bonds. The summed E-state index contributed by atoms with van der Waals surface area (Å²) in [6.45, 7) is 15.5. The number of amidine groups is 1. The monoisotopic (exact) mass is 271 g/mol. The Kier molecular flexibility index (Phi) is 6.50. The molecule has 3 nitrogen and oxygen atoms in total. The van der Waals surface area contributed by atoms with Crippen molar-refractivity contribution in [1.82, 2.24) is 10.2 Å². The summed E-state index contributed by atoms with van der Waals surface area (Å²) in [4.78, 5) is 7.21. The van der Waals surface area contributed by atoms with Crippen LogP contribution < -0.4 is 5.32 Å². The highest BCUT2D eigenvalue weighted by Gasteiger charge is 2.19. The molecule has 1 saturated heterocycles. The van der Waals surface area contributed by atoms with Gasteiger partial charge in [-0.15, -0.1) is 0 Å². The number of thioether (sulfide) groups is 1. The van der Waals surface area contributed by atoms with E-state index in [1.165, 1.54) is 6.42 Å². The molecule has 0 saturated carbocycles. The Bertz CT molecular complexity index is 256. The average Bonchev–Trinajstić information content (AvgIpc) is 2.21. The van der Waals surface area contributed by atoms with Crippen molar-refractivity contribution >= 4 is 16.9 Å². The van der Waals surface area contributed by atoms with Gasteiger partial charge in [0.15, 0.2) is 5.17 Å². The van der Waals surface area contributed by atoms with Crippen LogP contribution in [-0.2, 0) is 0 Å². The molecule has 2 unspecified atom stereocenters. The Morgan fingerprint density at radius 2 is 1.89 bits per heavy atom. The summed E-state index contributed by atoms with van der Waals surface area (Å²) in [7, 11) is 0. The van der Waals surface area contributed by atoms with Crippen molar-refractivity contribution in [1.29, 1.82) is 0 Å². The summed E-state index contributed by atoms with van der Waals surface area (Å²) in [6, 6.07) is 1.75. The number of hydrogen-bond donors (Lipinski definition) is 1. The first-order valence-corrected chi connectivity index (χ1v) is 8.01. The molecule has 106 valence electrons. The molecule has 1 aliphatic rings. The first kappa shape index (κ1) is 15.8. The second-order valence-corrected chi connectivity index (χ2v) is 7.25. The van der Waals surface area contributed by atoms with E-state index in [0.717, 1.165) is 18.3 Å². The minimum absolute atomic E-state index is 0.561. The number of rotatable bonds is 5. The first-order valence-electron chi connectivity index (χ1n) is 7.13. The quantitative estimate of drug-likeness (QED) is 0.833. The van der Waals surface area contributed by atoms with Crippen molar-refractivity contribution in [2.75, 3.05) is 13.1 Å². The van der Waals surface area contributed by atoms with Gasteiger partial charge in [-0.25, -0.2) is 0 Å². The molecule has 1 N–H and O–H groups in total. The molecule has 4 heteroatoms. The molecule has 1 aliphatic heterocycles. The SMILES string of the molecule is CC1CC(C)SC(=NCCN(C(C)C)C(C)C)N1. The van der Waals surface area contributed by atoms with Crippen LogP contribution in [0.25, 0.3) is 0 Å². The van der Waals surface area contributed by atoms with Gasteiger partial charge in [-0.2, -0.15) is 0 Å². The summed E-state index contributed by atoms with van der Waals surface area (Å²) < 4.78 is 0. The van der Waals surface area contributed by atoms with E-state index in [2.05, 4.69) is 51.8 Å². The van der Waals surface area contributed by atoms with Crippen molar-refractivity contribution in [3.8, 4) is 0 Å². The Morgan fingerprint density at radius 3 is 2.39 bits per heavy atom. The zero-order chi connectivity index (χ0) is 13.7. The van der Waals surface area contributed by atoms with Crippen LogP contribution in [0, 0.1) is 0 Å². The van der Waals surface area contributed by atoms with Crippen LogP contribution in [0.4, 0.5) is 0 Å². The predicted octanol–water partition coefficient (Wildman–Crippen LogP) is 2.96. The van der Waals surface area contributed by atoms with Crippen LogP contribution in [0.1, 0.15) is 48.0 Å². The topological polar surface area (TPSA) is 27.6 Å². The van der Waals surface area contributed by atoms with Crippen molar-refractivity contribution in [2.24, 2.45) is 4.99 Å². The van der Waals surface area contributed by atoms with Crippen molar-refractivity contribution in [2.45, 2.75) is 71.3 Å². The van der Waals surface area contributed by atoms with E-state index in [1.54, 1.807) is 0 Å². The van der Waals surface area contributed by atoms with Gasteiger partial charge in [0.25, 0.3) is 0 Å². The fourth-order valence-corrected chi connectivity index (χ4v) is 3.70. The molecule has 2 atom stereocenters. The maximum atomic E-state index is 4.72. The third-order valence-electron chi connectivity index (χ3n) is 3.31. The highest BCUT2D eigenvalue weighted by atomic mass is 32.2. The lowest BCUT2D eigenvalue weighted by Crippen LogP contribution is -2.40. The van der Waals surface area contributed by atoms with Crippen LogP contribution in [0.15, 0.2) is 4.99 Å². The second kappa shape index (κ2) is 7.39. The Hall–Kier alpha value is -0.220. The van der Waals surface area contributed by atoms with Gasteiger partial charge in [-0.3, -0.25) is 9.89 Å². The minimum atomic E-state index is 0.561. The van der Waals surface area contributed by atoms with Crippen LogP contribution in [0.3, 0.4) is 0 Å². The van der Waals surface area contributed by atoms with Crippen molar-refractivity contribution in [3.63, 3.8) is 0 Å². The smallest absolute Gasteiger partial charge is 0.157 e. The van der Waals surface area contributed by atoms with Gasteiger partial charge in [0, 0.05) is 29.9 Å². The molecule has 0 aliphatic carbocycles. The van der Waals surface area contributed by atoms with E-state index in [9.17, 15) is 0 Å². The molecular weight excluding hydrogens is 242 g/mol. The lowest BCUT2D eigenvalue weighted by molar-refractivity contribution is 0.181. The maximum absolute atomic E-state index is 4.72. The summed E-state index contributed by atoms with van der Waals surface area (Å²) in [5, 5.41) is 5.29. The highest BCUT2D eigenvalue weighted by molar-refractivity contribution is 8.14. The van der Waals surface area contributed by atoms with E-state index in [0.29, 0.717) is 23.4 Å². The standard InChI is InChI=1S/C14H29N3S/c1-10(2)17(11(3)4)8-7-15-14-16-12(5)9-13(6)18-14/h10-13H,7-9H2,1-6H3,(H,15,16). The average molecular weight is 271 g/mol. The van der Waals surface area contributed by atoms with Gasteiger partial charge in [0.1, 0.15) is 0 Å². The molecule has 1 fully saturated rings. The van der Waals surface area contributed by atoms with E-state index < -0.39 is 0 Å². The molecule has 0 radical (unpaired) electrons. The fraction of sp³-hybridized carbons (Fsp3) is 0.929. The summed E-state index contributed by atoms with van der Waals surface area (Å²) >= 11 is 1.88.